The average molecular weight is 311 g/mol. The molecule has 0 aromatic heterocycles. The minimum absolute atomic E-state index is 0.0708. The van der Waals surface area contributed by atoms with E-state index in [1.807, 2.05) is 0 Å². The van der Waals surface area contributed by atoms with Crippen molar-refractivity contribution in [2.45, 2.75) is 38.3 Å². The number of ether oxygens (including phenoxy) is 1. The Morgan fingerprint density at radius 1 is 1.29 bits per heavy atom. The smallest absolute Gasteiger partial charge is 0.411 e. The van der Waals surface area contributed by atoms with Gasteiger partial charge in [0.2, 0.25) is 5.91 Å². The van der Waals surface area contributed by atoms with Crippen molar-refractivity contribution in [2.75, 3.05) is 26.3 Å². The number of rotatable bonds is 7. The zero-order valence-electron chi connectivity index (χ0n) is 11.7. The van der Waals surface area contributed by atoms with Crippen LogP contribution in [0.25, 0.3) is 0 Å². The van der Waals surface area contributed by atoms with Crippen molar-refractivity contribution >= 4 is 11.9 Å². The van der Waals surface area contributed by atoms with E-state index in [0.29, 0.717) is 19.5 Å². The molecule has 0 aromatic rings. The van der Waals surface area contributed by atoms with Crippen LogP contribution in [0, 0.1) is 5.92 Å². The van der Waals surface area contributed by atoms with Gasteiger partial charge in [-0.3, -0.25) is 9.59 Å². The zero-order chi connectivity index (χ0) is 15.9. The number of aliphatic carboxylic acids is 1. The van der Waals surface area contributed by atoms with E-state index >= 15 is 0 Å². The first-order valence-electron chi connectivity index (χ1n) is 6.92. The van der Waals surface area contributed by atoms with Crippen LogP contribution in [0.5, 0.6) is 0 Å². The van der Waals surface area contributed by atoms with Crippen molar-refractivity contribution in [3.63, 3.8) is 0 Å². The number of carbonyl (C=O) groups is 2. The standard InChI is InChI=1S/C13H20F3NO4/c14-13(15,16)9-21-7-5-11(18)17-6-1-2-10(8-17)3-4-12(19)20/h10H,1-9H2,(H,19,20)/t10-/m0/s1. The number of nitrogens with zero attached hydrogens (tertiary/aromatic N) is 1. The molecule has 122 valence electrons. The van der Waals surface area contributed by atoms with Gasteiger partial charge in [-0.1, -0.05) is 0 Å². The van der Waals surface area contributed by atoms with E-state index < -0.39 is 18.8 Å². The Morgan fingerprint density at radius 2 is 2.00 bits per heavy atom. The zero-order valence-corrected chi connectivity index (χ0v) is 11.7. The summed E-state index contributed by atoms with van der Waals surface area (Å²) in [5.41, 5.74) is 0. The van der Waals surface area contributed by atoms with Gasteiger partial charge in [0.05, 0.1) is 13.0 Å². The summed E-state index contributed by atoms with van der Waals surface area (Å²) in [7, 11) is 0. The number of amides is 1. The predicted octanol–water partition coefficient (Wildman–Crippen LogP) is 2.06. The van der Waals surface area contributed by atoms with Crippen molar-refractivity contribution in [1.29, 1.82) is 0 Å². The monoisotopic (exact) mass is 311 g/mol. The molecule has 21 heavy (non-hydrogen) atoms. The molecular formula is C13H20F3NO4. The van der Waals surface area contributed by atoms with Gasteiger partial charge < -0.3 is 14.7 Å². The van der Waals surface area contributed by atoms with Gasteiger partial charge in [0.25, 0.3) is 0 Å². The quantitative estimate of drug-likeness (QED) is 0.731. The highest BCUT2D eigenvalue weighted by Gasteiger charge is 2.28. The van der Waals surface area contributed by atoms with Crippen LogP contribution >= 0.6 is 0 Å². The molecule has 0 saturated carbocycles. The molecule has 1 aliphatic heterocycles. The van der Waals surface area contributed by atoms with Gasteiger partial charge in [-0.05, 0) is 25.2 Å². The second kappa shape index (κ2) is 8.21. The maximum atomic E-state index is 11.9. The summed E-state index contributed by atoms with van der Waals surface area (Å²) < 4.78 is 40.0. The largest absolute Gasteiger partial charge is 0.481 e. The topological polar surface area (TPSA) is 66.8 Å². The Hall–Kier alpha value is -1.31. The molecule has 1 heterocycles. The van der Waals surface area contributed by atoms with Crippen molar-refractivity contribution in [2.24, 2.45) is 5.92 Å². The molecule has 8 heteroatoms. The molecule has 0 aliphatic carbocycles. The maximum Gasteiger partial charge on any atom is 0.411 e. The Morgan fingerprint density at radius 3 is 2.62 bits per heavy atom. The van der Waals surface area contributed by atoms with Crippen LogP contribution in [0.2, 0.25) is 0 Å². The summed E-state index contributed by atoms with van der Waals surface area (Å²) in [6, 6.07) is 0. The van der Waals surface area contributed by atoms with Crippen LogP contribution in [0.1, 0.15) is 32.1 Å². The summed E-state index contributed by atoms with van der Waals surface area (Å²) in [5.74, 6) is -0.953. The fraction of sp³-hybridized carbons (Fsp3) is 0.846. The van der Waals surface area contributed by atoms with Crippen LogP contribution in [0.15, 0.2) is 0 Å². The summed E-state index contributed by atoms with van der Waals surface area (Å²) >= 11 is 0. The molecule has 1 saturated heterocycles. The molecule has 1 rings (SSSR count). The molecular weight excluding hydrogens is 291 g/mol. The van der Waals surface area contributed by atoms with E-state index in [0.717, 1.165) is 12.8 Å². The summed E-state index contributed by atoms with van der Waals surface area (Å²) in [6.45, 7) is -0.552. The third-order valence-corrected chi connectivity index (χ3v) is 3.36. The van der Waals surface area contributed by atoms with Crippen molar-refractivity contribution < 1.29 is 32.6 Å². The number of alkyl halides is 3. The lowest BCUT2D eigenvalue weighted by atomic mass is 9.93. The van der Waals surface area contributed by atoms with Gasteiger partial charge in [0.1, 0.15) is 6.61 Å². The number of carboxylic acids is 1. The van der Waals surface area contributed by atoms with Gasteiger partial charge in [0.15, 0.2) is 0 Å². The predicted molar refractivity (Wildman–Crippen MR) is 67.7 cm³/mol. The number of carboxylic acid groups (broad SMARTS) is 1. The molecule has 1 aliphatic rings. The first-order valence-corrected chi connectivity index (χ1v) is 6.92. The number of piperidine rings is 1. The minimum Gasteiger partial charge on any atom is -0.481 e. The molecule has 0 aromatic carbocycles. The number of halogens is 3. The van der Waals surface area contributed by atoms with E-state index in [2.05, 4.69) is 4.74 Å². The first-order chi connectivity index (χ1) is 9.78. The van der Waals surface area contributed by atoms with Gasteiger partial charge in [-0.25, -0.2) is 0 Å². The fourth-order valence-corrected chi connectivity index (χ4v) is 2.36. The minimum atomic E-state index is -4.38. The van der Waals surface area contributed by atoms with Gasteiger partial charge in [-0.15, -0.1) is 0 Å². The fourth-order valence-electron chi connectivity index (χ4n) is 2.36. The van der Waals surface area contributed by atoms with Crippen LogP contribution in [0.4, 0.5) is 13.2 Å². The van der Waals surface area contributed by atoms with E-state index in [1.165, 1.54) is 0 Å². The van der Waals surface area contributed by atoms with Crippen LogP contribution in [0.3, 0.4) is 0 Å². The van der Waals surface area contributed by atoms with Crippen molar-refractivity contribution in [1.82, 2.24) is 4.90 Å². The second-order valence-electron chi connectivity index (χ2n) is 5.20. The molecule has 1 N–H and O–H groups in total. The summed E-state index contributed by atoms with van der Waals surface area (Å²) in [6.07, 6.45) is -2.20. The van der Waals surface area contributed by atoms with E-state index in [-0.39, 0.29) is 31.3 Å². The van der Waals surface area contributed by atoms with Gasteiger partial charge >= 0.3 is 12.1 Å². The lowest BCUT2D eigenvalue weighted by molar-refractivity contribution is -0.175. The number of carbonyl (C=O) groups excluding carboxylic acids is 1. The normalized spacial score (nSPS) is 19.6. The molecule has 0 spiro atoms. The molecule has 0 unspecified atom stereocenters. The lowest BCUT2D eigenvalue weighted by Crippen LogP contribution is -2.40. The van der Waals surface area contributed by atoms with Crippen LogP contribution < -0.4 is 0 Å². The first kappa shape index (κ1) is 17.7. The van der Waals surface area contributed by atoms with Crippen molar-refractivity contribution in [3.8, 4) is 0 Å². The Balaban J connectivity index is 2.25. The molecule has 5 nitrogen and oxygen atoms in total. The third kappa shape index (κ3) is 7.89. The molecule has 1 fully saturated rings. The van der Waals surface area contributed by atoms with Gasteiger partial charge in [-0.2, -0.15) is 13.2 Å². The summed E-state index contributed by atoms with van der Waals surface area (Å²) in [4.78, 5) is 24.0. The highest BCUT2D eigenvalue weighted by molar-refractivity contribution is 5.76. The third-order valence-electron chi connectivity index (χ3n) is 3.36. The molecule has 1 atom stereocenters. The number of hydrogen-bond acceptors (Lipinski definition) is 3. The van der Waals surface area contributed by atoms with E-state index in [4.69, 9.17) is 5.11 Å². The van der Waals surface area contributed by atoms with Crippen molar-refractivity contribution in [3.05, 3.63) is 0 Å². The molecule has 0 radical (unpaired) electrons. The SMILES string of the molecule is O=C(O)CC[C@@H]1CCCN(C(=O)CCOCC(F)(F)F)C1. The number of likely N-dealkylation sites (tertiary alicyclic amines) is 1. The van der Waals surface area contributed by atoms with Crippen LogP contribution in [-0.2, 0) is 14.3 Å². The van der Waals surface area contributed by atoms with E-state index in [1.54, 1.807) is 4.90 Å². The Labute approximate surface area is 121 Å². The maximum absolute atomic E-state index is 11.9. The lowest BCUT2D eigenvalue weighted by Gasteiger charge is -2.32. The Kier molecular flexibility index (Phi) is 6.94. The summed E-state index contributed by atoms with van der Waals surface area (Å²) in [5, 5.41) is 8.64. The number of hydrogen-bond donors (Lipinski definition) is 1. The Bertz CT molecular complexity index is 360. The molecule has 1 amide bonds. The van der Waals surface area contributed by atoms with Crippen LogP contribution in [-0.4, -0.2) is 54.4 Å². The van der Waals surface area contributed by atoms with Gasteiger partial charge in [0, 0.05) is 19.5 Å². The highest BCUT2D eigenvalue weighted by Crippen LogP contribution is 2.21. The second-order valence-corrected chi connectivity index (χ2v) is 5.20. The van der Waals surface area contributed by atoms with E-state index in [9.17, 15) is 22.8 Å². The highest BCUT2D eigenvalue weighted by atomic mass is 19.4. The molecule has 0 bridgehead atoms. The average Bonchev–Trinajstić information content (AvgIpc) is 2.40.